The Bertz CT molecular complexity index is 955. The second-order valence-corrected chi connectivity index (χ2v) is 8.26. The maximum Gasteiger partial charge on any atom is 0.224 e. The first-order valence-corrected chi connectivity index (χ1v) is 11.3. The molecule has 0 aromatic heterocycles. The molecule has 0 bridgehead atoms. The molecule has 1 saturated heterocycles. The van der Waals surface area contributed by atoms with Crippen molar-refractivity contribution < 1.29 is 9.53 Å². The normalized spacial score (nSPS) is 17.8. The summed E-state index contributed by atoms with van der Waals surface area (Å²) in [7, 11) is 0. The van der Waals surface area contributed by atoms with Crippen molar-refractivity contribution in [2.24, 2.45) is 10.9 Å². The van der Waals surface area contributed by atoms with Crippen LogP contribution in [0.25, 0.3) is 0 Å². The minimum Gasteiger partial charge on any atom is -0.381 e. The molecule has 4 heteroatoms. The molecule has 1 aliphatic rings. The molecule has 0 spiro atoms. The largest absolute Gasteiger partial charge is 0.381 e. The van der Waals surface area contributed by atoms with E-state index in [2.05, 4.69) is 62.5 Å². The summed E-state index contributed by atoms with van der Waals surface area (Å²) in [5.74, 6) is 0.378. The number of carbonyl (C=O) groups excluding carboxylic acids is 1. The molecule has 2 unspecified atom stereocenters. The molecule has 2 aromatic carbocycles. The molecule has 1 fully saturated rings. The summed E-state index contributed by atoms with van der Waals surface area (Å²) in [4.78, 5) is 17.3. The highest BCUT2D eigenvalue weighted by Crippen LogP contribution is 2.36. The number of hydrogen-bond acceptors (Lipinski definition) is 3. The predicted molar refractivity (Wildman–Crippen MR) is 129 cm³/mol. The van der Waals surface area contributed by atoms with Crippen LogP contribution in [-0.4, -0.2) is 25.3 Å². The summed E-state index contributed by atoms with van der Waals surface area (Å²) in [5, 5.41) is 3.09. The summed E-state index contributed by atoms with van der Waals surface area (Å²) in [6, 6.07) is 14.6. The van der Waals surface area contributed by atoms with Crippen molar-refractivity contribution in [3.8, 4) is 0 Å². The standard InChI is InChI=1S/C27H34N2O2/c1-5-14-28-25(6-2)27(24-12-7-9-19(3)20(24)4)22-10-8-11-23(17-22)29-26(30)16-21-13-15-31-18-21/h6-12,14,17,21,27H,5,13,15-16,18H2,1-4H3,(H,29,30)/b25-6-,28-14?. The number of benzene rings is 2. The lowest BCUT2D eigenvalue weighted by Crippen LogP contribution is -2.17. The topological polar surface area (TPSA) is 50.7 Å². The van der Waals surface area contributed by atoms with Crippen LogP contribution in [0.5, 0.6) is 0 Å². The molecule has 0 saturated carbocycles. The van der Waals surface area contributed by atoms with Gasteiger partial charge in [0.2, 0.25) is 5.91 Å². The number of anilines is 1. The number of hydrogen-bond donors (Lipinski definition) is 1. The second kappa shape index (κ2) is 11.1. The third kappa shape index (κ3) is 5.92. The van der Waals surface area contributed by atoms with Gasteiger partial charge < -0.3 is 10.1 Å². The fourth-order valence-corrected chi connectivity index (χ4v) is 4.12. The zero-order valence-corrected chi connectivity index (χ0v) is 19.2. The van der Waals surface area contributed by atoms with Crippen molar-refractivity contribution in [3.63, 3.8) is 0 Å². The van der Waals surface area contributed by atoms with E-state index in [4.69, 9.17) is 9.73 Å². The predicted octanol–water partition coefficient (Wildman–Crippen LogP) is 6.19. The number of aryl methyl sites for hydroxylation is 1. The number of amides is 1. The fraction of sp³-hybridized carbons (Fsp3) is 0.407. The van der Waals surface area contributed by atoms with Gasteiger partial charge in [-0.15, -0.1) is 0 Å². The first-order chi connectivity index (χ1) is 15.0. The summed E-state index contributed by atoms with van der Waals surface area (Å²) < 4.78 is 5.40. The first-order valence-electron chi connectivity index (χ1n) is 11.3. The van der Waals surface area contributed by atoms with Crippen molar-refractivity contribution in [3.05, 3.63) is 76.5 Å². The zero-order chi connectivity index (χ0) is 22.2. The van der Waals surface area contributed by atoms with Crippen LogP contribution in [0.2, 0.25) is 0 Å². The van der Waals surface area contributed by atoms with Crippen LogP contribution in [0, 0.1) is 19.8 Å². The minimum atomic E-state index is 0.00721. The van der Waals surface area contributed by atoms with Gasteiger partial charge in [0.15, 0.2) is 0 Å². The van der Waals surface area contributed by atoms with Gasteiger partial charge in [0.05, 0.1) is 5.92 Å². The van der Waals surface area contributed by atoms with Crippen molar-refractivity contribution in [1.29, 1.82) is 0 Å². The Balaban J connectivity index is 1.93. The number of carbonyl (C=O) groups is 1. The molecule has 0 aliphatic carbocycles. The lowest BCUT2D eigenvalue weighted by Gasteiger charge is -2.22. The Kier molecular flexibility index (Phi) is 8.19. The Morgan fingerprint density at radius 2 is 2.06 bits per heavy atom. The molecule has 31 heavy (non-hydrogen) atoms. The molecule has 2 aromatic rings. The highest BCUT2D eigenvalue weighted by molar-refractivity contribution is 5.91. The Labute approximate surface area is 186 Å². The Morgan fingerprint density at radius 3 is 2.77 bits per heavy atom. The monoisotopic (exact) mass is 418 g/mol. The Morgan fingerprint density at radius 1 is 1.26 bits per heavy atom. The van der Waals surface area contributed by atoms with Crippen LogP contribution in [0.1, 0.15) is 61.3 Å². The third-order valence-corrected chi connectivity index (χ3v) is 5.97. The van der Waals surface area contributed by atoms with E-state index in [9.17, 15) is 4.79 Å². The average Bonchev–Trinajstić information content (AvgIpc) is 3.26. The van der Waals surface area contributed by atoms with Gasteiger partial charge in [-0.1, -0.05) is 43.3 Å². The van der Waals surface area contributed by atoms with E-state index >= 15 is 0 Å². The van der Waals surface area contributed by atoms with Gasteiger partial charge in [0, 0.05) is 37.2 Å². The van der Waals surface area contributed by atoms with E-state index in [1.54, 1.807) is 0 Å². The molecule has 3 rings (SSSR count). The van der Waals surface area contributed by atoms with Gasteiger partial charge >= 0.3 is 0 Å². The summed E-state index contributed by atoms with van der Waals surface area (Å²) in [6.45, 7) is 9.89. The molecule has 4 nitrogen and oxygen atoms in total. The van der Waals surface area contributed by atoms with Crippen molar-refractivity contribution in [2.45, 2.75) is 52.9 Å². The highest BCUT2D eigenvalue weighted by Gasteiger charge is 2.22. The molecule has 1 aliphatic heterocycles. The van der Waals surface area contributed by atoms with Gasteiger partial charge in [-0.3, -0.25) is 9.79 Å². The SMILES string of the molecule is C/C=C(\N=CCC)C(c1cccc(NC(=O)CC2CCOC2)c1)c1cccc(C)c1C. The van der Waals surface area contributed by atoms with Gasteiger partial charge in [-0.05, 0) is 73.9 Å². The summed E-state index contributed by atoms with van der Waals surface area (Å²) in [6.07, 6.45) is 6.40. The minimum absolute atomic E-state index is 0.00721. The lowest BCUT2D eigenvalue weighted by atomic mass is 9.84. The number of allylic oxidation sites excluding steroid dienone is 2. The number of aliphatic imine (C=N–C) groups is 1. The van der Waals surface area contributed by atoms with Gasteiger partial charge in [-0.25, -0.2) is 0 Å². The average molecular weight is 419 g/mol. The lowest BCUT2D eigenvalue weighted by molar-refractivity contribution is -0.117. The highest BCUT2D eigenvalue weighted by atomic mass is 16.5. The molecule has 1 N–H and O–H groups in total. The summed E-state index contributed by atoms with van der Waals surface area (Å²) in [5.41, 5.74) is 6.74. The van der Waals surface area contributed by atoms with Crippen LogP contribution in [0.4, 0.5) is 5.69 Å². The third-order valence-electron chi connectivity index (χ3n) is 5.97. The quantitative estimate of drug-likeness (QED) is 0.520. The van der Waals surface area contributed by atoms with E-state index < -0.39 is 0 Å². The maximum atomic E-state index is 12.5. The van der Waals surface area contributed by atoms with Crippen LogP contribution in [0.15, 0.2) is 59.2 Å². The van der Waals surface area contributed by atoms with E-state index in [0.29, 0.717) is 18.9 Å². The van der Waals surface area contributed by atoms with E-state index in [0.717, 1.165) is 36.4 Å². The molecular weight excluding hydrogens is 384 g/mol. The second-order valence-electron chi connectivity index (χ2n) is 8.26. The van der Waals surface area contributed by atoms with Crippen molar-refractivity contribution >= 4 is 17.8 Å². The van der Waals surface area contributed by atoms with E-state index in [-0.39, 0.29) is 11.8 Å². The van der Waals surface area contributed by atoms with Crippen molar-refractivity contribution in [2.75, 3.05) is 18.5 Å². The number of ether oxygens (including phenoxy) is 1. The first kappa shape index (κ1) is 23.0. The van der Waals surface area contributed by atoms with E-state index in [1.807, 2.05) is 25.3 Å². The number of rotatable bonds is 8. The number of nitrogens with zero attached hydrogens (tertiary/aromatic N) is 1. The van der Waals surface area contributed by atoms with Crippen LogP contribution in [0.3, 0.4) is 0 Å². The van der Waals surface area contributed by atoms with Crippen LogP contribution < -0.4 is 5.32 Å². The van der Waals surface area contributed by atoms with Crippen LogP contribution >= 0.6 is 0 Å². The Hall–Kier alpha value is -2.72. The molecule has 0 radical (unpaired) electrons. The smallest absolute Gasteiger partial charge is 0.224 e. The van der Waals surface area contributed by atoms with Crippen molar-refractivity contribution in [1.82, 2.24) is 0 Å². The van der Waals surface area contributed by atoms with Gasteiger partial charge in [0.1, 0.15) is 0 Å². The molecular formula is C27H34N2O2. The molecule has 1 amide bonds. The molecule has 2 atom stereocenters. The fourth-order valence-electron chi connectivity index (χ4n) is 4.12. The van der Waals surface area contributed by atoms with Crippen LogP contribution in [-0.2, 0) is 9.53 Å². The van der Waals surface area contributed by atoms with Gasteiger partial charge in [0.25, 0.3) is 0 Å². The van der Waals surface area contributed by atoms with Gasteiger partial charge in [-0.2, -0.15) is 0 Å². The van der Waals surface area contributed by atoms with E-state index in [1.165, 1.54) is 16.7 Å². The molecule has 1 heterocycles. The number of nitrogens with one attached hydrogen (secondary N) is 1. The summed E-state index contributed by atoms with van der Waals surface area (Å²) >= 11 is 0. The zero-order valence-electron chi connectivity index (χ0n) is 19.2. The molecule has 164 valence electrons. The maximum absolute atomic E-state index is 12.5.